The summed E-state index contributed by atoms with van der Waals surface area (Å²) in [7, 11) is -4.10. The molecular weight excluding hydrogens is 559 g/mol. The van der Waals surface area contributed by atoms with E-state index in [-0.39, 0.29) is 18.8 Å². The fourth-order valence-corrected chi connectivity index (χ4v) is 6.97. The molecule has 0 bridgehead atoms. The average Bonchev–Trinajstić information content (AvgIpc) is 3.39. The molecule has 11 heteroatoms. The third-order valence-electron chi connectivity index (χ3n) is 5.66. The quantitative estimate of drug-likeness (QED) is 0.398. The number of sulfone groups is 1. The van der Waals surface area contributed by atoms with Crippen molar-refractivity contribution in [3.05, 3.63) is 71.3 Å². The van der Waals surface area contributed by atoms with Crippen LogP contribution in [0.3, 0.4) is 0 Å². The summed E-state index contributed by atoms with van der Waals surface area (Å²) in [5.41, 5.74) is 0.316. The second-order valence-corrected chi connectivity index (χ2v) is 11.5. The first-order valence-electron chi connectivity index (χ1n) is 9.62. The van der Waals surface area contributed by atoms with Crippen LogP contribution in [-0.2, 0) is 29.0 Å². The Morgan fingerprint density at radius 2 is 1.88 bits per heavy atom. The molecule has 2 aromatic rings. The van der Waals surface area contributed by atoms with Gasteiger partial charge in [0, 0.05) is 18.1 Å². The van der Waals surface area contributed by atoms with Gasteiger partial charge in [-0.25, -0.2) is 26.9 Å². The lowest BCUT2D eigenvalue weighted by molar-refractivity contribution is -0.133. The van der Waals surface area contributed by atoms with Gasteiger partial charge in [0.1, 0.15) is 28.0 Å². The number of alkyl halides is 1. The highest BCUT2D eigenvalue weighted by Crippen LogP contribution is 2.47. The number of amides is 2. The van der Waals surface area contributed by atoms with Gasteiger partial charge >= 0.3 is 6.09 Å². The fraction of sp³-hybridized carbons (Fsp3) is 0.333. The van der Waals surface area contributed by atoms with Crippen molar-refractivity contribution in [2.45, 2.75) is 17.4 Å². The monoisotopic (exact) mass is 577 g/mol. The van der Waals surface area contributed by atoms with Gasteiger partial charge in [-0.15, -0.1) is 0 Å². The third-order valence-corrected chi connectivity index (χ3v) is 9.92. The van der Waals surface area contributed by atoms with Crippen LogP contribution in [0.25, 0.3) is 0 Å². The second kappa shape index (κ2) is 8.67. The van der Waals surface area contributed by atoms with E-state index in [1.807, 2.05) is 0 Å². The zero-order valence-corrected chi connectivity index (χ0v) is 19.5. The van der Waals surface area contributed by atoms with Gasteiger partial charge in [-0.2, -0.15) is 0 Å². The van der Waals surface area contributed by atoms with E-state index in [2.05, 4.69) is 0 Å². The molecule has 2 saturated heterocycles. The molecular formula is C21H18F2INO6S. The molecule has 7 nitrogen and oxygen atoms in total. The topological polar surface area (TPSA) is 90.0 Å². The van der Waals surface area contributed by atoms with Crippen LogP contribution in [0, 0.1) is 17.6 Å². The molecule has 2 fully saturated rings. The number of hydrogen-bond acceptors (Lipinski definition) is 6. The van der Waals surface area contributed by atoms with E-state index >= 15 is 0 Å². The van der Waals surface area contributed by atoms with Crippen molar-refractivity contribution >= 4 is 44.4 Å². The van der Waals surface area contributed by atoms with Gasteiger partial charge < -0.3 is 9.47 Å². The molecule has 0 spiro atoms. The molecule has 4 rings (SSSR count). The van der Waals surface area contributed by atoms with Gasteiger partial charge in [0.05, 0.1) is 12.5 Å². The summed E-state index contributed by atoms with van der Waals surface area (Å²) in [5.74, 6) is -3.68. The van der Waals surface area contributed by atoms with Crippen molar-refractivity contribution in [1.29, 1.82) is 0 Å². The Kier molecular flexibility index (Phi) is 6.25. The number of nitrogens with zero attached hydrogens (tertiary/aromatic N) is 1. The van der Waals surface area contributed by atoms with E-state index in [4.69, 9.17) is 9.47 Å². The summed E-state index contributed by atoms with van der Waals surface area (Å²) in [5, 5.41) is 0. The Balaban J connectivity index is 1.69. The molecule has 0 aliphatic carbocycles. The molecule has 2 amide bonds. The summed E-state index contributed by atoms with van der Waals surface area (Å²) in [6.07, 6.45) is -1.25. The van der Waals surface area contributed by atoms with Crippen LogP contribution in [0.2, 0.25) is 0 Å². The van der Waals surface area contributed by atoms with E-state index in [9.17, 15) is 26.8 Å². The summed E-state index contributed by atoms with van der Waals surface area (Å²) in [4.78, 5) is 24.4. The number of imide groups is 1. The summed E-state index contributed by atoms with van der Waals surface area (Å²) in [6.45, 7) is -0.386. The van der Waals surface area contributed by atoms with Crippen LogP contribution >= 0.6 is 22.6 Å². The van der Waals surface area contributed by atoms with Gasteiger partial charge in [0.2, 0.25) is 5.91 Å². The lowest BCUT2D eigenvalue weighted by Crippen LogP contribution is -2.40. The standard InChI is InChI=1S/C21H18F2INO6S/c22-15-6-7-16(17(23)8-15)21(32(28,29)12-24)9-14(10-31-21)19(26)25-18(11-30-20(25)27)13-4-2-1-3-5-13/h1-8,14,18H,9-12H2/t14-,18?,21+/m0/s1. The van der Waals surface area contributed by atoms with Gasteiger partial charge in [-0.3, -0.25) is 4.79 Å². The molecule has 0 radical (unpaired) electrons. The molecule has 3 atom stereocenters. The van der Waals surface area contributed by atoms with E-state index < -0.39 is 60.5 Å². The number of ether oxygens (including phenoxy) is 2. The van der Waals surface area contributed by atoms with E-state index in [1.165, 1.54) is 0 Å². The first kappa shape index (κ1) is 23.1. The molecule has 2 aliphatic rings. The normalized spacial score (nSPS) is 25.7. The largest absolute Gasteiger partial charge is 0.446 e. The van der Waals surface area contributed by atoms with Crippen molar-refractivity contribution in [2.24, 2.45) is 5.92 Å². The molecule has 2 aliphatic heterocycles. The first-order chi connectivity index (χ1) is 15.2. The summed E-state index contributed by atoms with van der Waals surface area (Å²) >= 11 is 1.62. The smallest absolute Gasteiger partial charge is 0.417 e. The van der Waals surface area contributed by atoms with Crippen LogP contribution in [0.15, 0.2) is 48.5 Å². The van der Waals surface area contributed by atoms with Crippen LogP contribution in [0.5, 0.6) is 0 Å². The summed E-state index contributed by atoms with van der Waals surface area (Å²) in [6, 6.07) is 10.6. The maximum atomic E-state index is 14.6. The molecule has 170 valence electrons. The van der Waals surface area contributed by atoms with Crippen molar-refractivity contribution < 1.29 is 36.3 Å². The maximum Gasteiger partial charge on any atom is 0.417 e. The highest BCUT2D eigenvalue weighted by atomic mass is 127. The van der Waals surface area contributed by atoms with Gasteiger partial charge in [0.25, 0.3) is 0 Å². The molecule has 0 aromatic heterocycles. The van der Waals surface area contributed by atoms with Gasteiger partial charge in [-0.1, -0.05) is 52.9 Å². The number of rotatable bonds is 5. The van der Waals surface area contributed by atoms with Crippen LogP contribution in [0.1, 0.15) is 23.6 Å². The Hall–Kier alpha value is -2.12. The van der Waals surface area contributed by atoms with Crippen molar-refractivity contribution in [3.8, 4) is 0 Å². The Labute approximate surface area is 196 Å². The molecule has 2 heterocycles. The Morgan fingerprint density at radius 1 is 1.16 bits per heavy atom. The third kappa shape index (κ3) is 3.79. The number of halogens is 3. The molecule has 0 N–H and O–H groups in total. The molecule has 0 saturated carbocycles. The summed E-state index contributed by atoms with van der Waals surface area (Å²) < 4.78 is 64.3. The van der Waals surface area contributed by atoms with Crippen molar-refractivity contribution in [3.63, 3.8) is 0 Å². The lowest BCUT2D eigenvalue weighted by Gasteiger charge is -2.28. The van der Waals surface area contributed by atoms with Gasteiger partial charge in [-0.05, 0) is 17.7 Å². The Bertz CT molecular complexity index is 1160. The predicted octanol–water partition coefficient (Wildman–Crippen LogP) is 3.68. The minimum absolute atomic E-state index is 0.0358. The number of hydrogen-bond donors (Lipinski definition) is 0. The molecule has 32 heavy (non-hydrogen) atoms. The molecule has 1 unspecified atom stereocenters. The number of benzene rings is 2. The van der Waals surface area contributed by atoms with E-state index in [1.54, 1.807) is 52.9 Å². The lowest BCUT2D eigenvalue weighted by atomic mass is 9.97. The zero-order valence-electron chi connectivity index (χ0n) is 16.5. The SMILES string of the molecule is O=C1OCC(c2ccccc2)N1C(=O)[C@@H]1CO[C@@](c2ccc(F)cc2F)(S(=O)(=O)CI)C1. The minimum Gasteiger partial charge on any atom is -0.446 e. The van der Waals surface area contributed by atoms with Crippen molar-refractivity contribution in [1.82, 2.24) is 4.90 Å². The Morgan fingerprint density at radius 3 is 2.53 bits per heavy atom. The number of cyclic esters (lactones) is 1. The van der Waals surface area contributed by atoms with Gasteiger partial charge in [0.15, 0.2) is 14.8 Å². The fourth-order valence-electron chi connectivity index (χ4n) is 4.08. The van der Waals surface area contributed by atoms with E-state index in [0.29, 0.717) is 11.6 Å². The predicted molar refractivity (Wildman–Crippen MR) is 117 cm³/mol. The highest BCUT2D eigenvalue weighted by Gasteiger charge is 2.56. The maximum absolute atomic E-state index is 14.6. The van der Waals surface area contributed by atoms with Crippen molar-refractivity contribution in [2.75, 3.05) is 17.0 Å². The minimum atomic E-state index is -4.10. The molecule has 2 aromatic carbocycles. The second-order valence-electron chi connectivity index (χ2n) is 7.52. The van der Waals surface area contributed by atoms with Crippen LogP contribution < -0.4 is 0 Å². The first-order valence-corrected chi connectivity index (χ1v) is 12.8. The zero-order chi connectivity index (χ0) is 23.1. The number of carbonyl (C=O) groups is 2. The average molecular weight is 577 g/mol. The van der Waals surface area contributed by atoms with Crippen LogP contribution in [-0.4, -0.2) is 42.3 Å². The highest BCUT2D eigenvalue weighted by molar-refractivity contribution is 14.1. The number of carbonyl (C=O) groups excluding carboxylic acids is 2. The van der Waals surface area contributed by atoms with E-state index in [0.717, 1.165) is 17.0 Å². The van der Waals surface area contributed by atoms with Crippen LogP contribution in [0.4, 0.5) is 13.6 Å².